The number of nitrogens with zero attached hydrogens (tertiary/aromatic N) is 2. The Morgan fingerprint density at radius 3 is 2.21 bits per heavy atom. The predicted molar refractivity (Wildman–Crippen MR) is 108 cm³/mol. The second kappa shape index (κ2) is 10.3. The lowest BCUT2D eigenvalue weighted by Gasteiger charge is -2.21. The van der Waals surface area contributed by atoms with Gasteiger partial charge in [0.25, 0.3) is 5.91 Å². The van der Waals surface area contributed by atoms with Crippen LogP contribution in [0.25, 0.3) is 0 Å². The number of nitrogens with one attached hydrogen (secondary N) is 1. The first-order valence-corrected chi connectivity index (χ1v) is 9.58. The average Bonchev–Trinajstić information content (AvgIpc) is 3.25. The molecule has 1 atom stereocenters. The maximum absolute atomic E-state index is 12.5. The standard InChI is InChI=1S/C23H25N3O2/c24-14-21(23(27)25-15-22-12-7-13-28-22)18-26(16-19-8-3-1-4-9-19)17-20-10-5-2-6-11-20/h1-6,8-11,18,22H,7,12-13,15-17H2,(H,25,27)/b21-18-. The number of carbonyl (C=O) groups excluding carboxylic acids is 1. The quantitative estimate of drug-likeness (QED) is 0.567. The van der Waals surface area contributed by atoms with Crippen LogP contribution in [0.4, 0.5) is 0 Å². The van der Waals surface area contributed by atoms with E-state index in [0.29, 0.717) is 19.6 Å². The van der Waals surface area contributed by atoms with E-state index in [4.69, 9.17) is 4.74 Å². The van der Waals surface area contributed by atoms with Crippen molar-refractivity contribution >= 4 is 5.91 Å². The number of ether oxygens (including phenoxy) is 1. The smallest absolute Gasteiger partial charge is 0.263 e. The number of hydrogen-bond acceptors (Lipinski definition) is 4. The van der Waals surface area contributed by atoms with E-state index in [9.17, 15) is 10.1 Å². The molecule has 0 saturated carbocycles. The second-order valence-electron chi connectivity index (χ2n) is 6.88. The van der Waals surface area contributed by atoms with Crippen molar-refractivity contribution in [2.24, 2.45) is 0 Å². The van der Waals surface area contributed by atoms with Crippen LogP contribution in [0.15, 0.2) is 72.4 Å². The van der Waals surface area contributed by atoms with Crippen molar-refractivity contribution in [3.8, 4) is 6.07 Å². The fourth-order valence-corrected chi connectivity index (χ4v) is 3.21. The molecule has 5 heteroatoms. The van der Waals surface area contributed by atoms with Gasteiger partial charge in [0.15, 0.2) is 0 Å². The largest absolute Gasteiger partial charge is 0.376 e. The molecule has 1 aliphatic rings. The molecule has 28 heavy (non-hydrogen) atoms. The van der Waals surface area contributed by atoms with Crippen molar-refractivity contribution < 1.29 is 9.53 Å². The first-order chi connectivity index (χ1) is 13.7. The Morgan fingerprint density at radius 2 is 1.71 bits per heavy atom. The molecule has 0 radical (unpaired) electrons. The molecule has 2 aromatic carbocycles. The summed E-state index contributed by atoms with van der Waals surface area (Å²) in [5.74, 6) is -0.357. The Kier molecular flexibility index (Phi) is 7.22. The second-order valence-corrected chi connectivity index (χ2v) is 6.88. The highest BCUT2D eigenvalue weighted by Gasteiger charge is 2.18. The normalized spacial score (nSPS) is 16.4. The minimum Gasteiger partial charge on any atom is -0.376 e. The van der Waals surface area contributed by atoms with Gasteiger partial charge >= 0.3 is 0 Å². The predicted octanol–water partition coefficient (Wildman–Crippen LogP) is 3.39. The summed E-state index contributed by atoms with van der Waals surface area (Å²) in [7, 11) is 0. The molecule has 0 aromatic heterocycles. The van der Waals surface area contributed by atoms with Crippen LogP contribution in [0.2, 0.25) is 0 Å². The minimum atomic E-state index is -0.357. The Balaban J connectivity index is 1.72. The lowest BCUT2D eigenvalue weighted by Crippen LogP contribution is -2.33. The maximum atomic E-state index is 12.5. The molecule has 1 fully saturated rings. The minimum absolute atomic E-state index is 0.0497. The highest BCUT2D eigenvalue weighted by atomic mass is 16.5. The van der Waals surface area contributed by atoms with Gasteiger partial charge in [0, 0.05) is 32.4 Å². The molecular weight excluding hydrogens is 350 g/mol. The van der Waals surface area contributed by atoms with Crippen LogP contribution >= 0.6 is 0 Å². The topological polar surface area (TPSA) is 65.4 Å². The Bertz CT molecular complexity index is 780. The zero-order valence-corrected chi connectivity index (χ0v) is 15.9. The molecule has 2 aromatic rings. The molecule has 3 rings (SSSR count). The molecule has 1 unspecified atom stereocenters. The summed E-state index contributed by atoms with van der Waals surface area (Å²) >= 11 is 0. The molecule has 5 nitrogen and oxygen atoms in total. The third-order valence-corrected chi connectivity index (χ3v) is 4.65. The van der Waals surface area contributed by atoms with E-state index in [1.807, 2.05) is 71.6 Å². The SMILES string of the molecule is N#C/C(=C/N(Cc1ccccc1)Cc1ccccc1)C(=O)NCC1CCCO1. The third-order valence-electron chi connectivity index (χ3n) is 4.65. The molecule has 0 spiro atoms. The lowest BCUT2D eigenvalue weighted by molar-refractivity contribution is -0.117. The van der Waals surface area contributed by atoms with Crippen LogP contribution in [0.3, 0.4) is 0 Å². The Labute approximate surface area is 166 Å². The lowest BCUT2D eigenvalue weighted by atomic mass is 10.1. The summed E-state index contributed by atoms with van der Waals surface area (Å²) in [5.41, 5.74) is 2.34. The first-order valence-electron chi connectivity index (χ1n) is 9.58. The Morgan fingerprint density at radius 1 is 1.11 bits per heavy atom. The van der Waals surface area contributed by atoms with E-state index >= 15 is 0 Å². The van der Waals surface area contributed by atoms with Gasteiger partial charge in [0.05, 0.1) is 6.10 Å². The van der Waals surface area contributed by atoms with Gasteiger partial charge in [-0.05, 0) is 24.0 Å². The van der Waals surface area contributed by atoms with Gasteiger partial charge in [0.2, 0.25) is 0 Å². The van der Waals surface area contributed by atoms with Gasteiger partial charge in [0.1, 0.15) is 11.6 Å². The number of nitriles is 1. The van der Waals surface area contributed by atoms with Crippen molar-refractivity contribution in [2.75, 3.05) is 13.2 Å². The van der Waals surface area contributed by atoms with E-state index in [1.165, 1.54) is 0 Å². The molecular formula is C23H25N3O2. The number of amides is 1. The number of hydrogen-bond donors (Lipinski definition) is 1. The summed E-state index contributed by atoms with van der Waals surface area (Å²) in [6.07, 6.45) is 3.67. The monoisotopic (exact) mass is 375 g/mol. The van der Waals surface area contributed by atoms with Crippen molar-refractivity contribution in [3.05, 3.63) is 83.6 Å². The molecule has 1 saturated heterocycles. The number of benzene rings is 2. The van der Waals surface area contributed by atoms with E-state index in [2.05, 4.69) is 5.32 Å². The van der Waals surface area contributed by atoms with E-state index in [1.54, 1.807) is 6.20 Å². The van der Waals surface area contributed by atoms with Crippen LogP contribution in [0.5, 0.6) is 0 Å². The third kappa shape index (κ3) is 5.97. The van der Waals surface area contributed by atoms with Crippen LogP contribution in [-0.2, 0) is 22.6 Å². The van der Waals surface area contributed by atoms with Gasteiger partial charge in [-0.3, -0.25) is 4.79 Å². The fourth-order valence-electron chi connectivity index (χ4n) is 3.21. The molecule has 1 N–H and O–H groups in total. The molecule has 1 amide bonds. The zero-order chi connectivity index (χ0) is 19.6. The van der Waals surface area contributed by atoms with E-state index in [0.717, 1.165) is 30.6 Å². The van der Waals surface area contributed by atoms with Crippen molar-refractivity contribution in [1.82, 2.24) is 10.2 Å². The number of carbonyl (C=O) groups is 1. The molecule has 1 aliphatic heterocycles. The summed E-state index contributed by atoms with van der Waals surface area (Å²) in [5, 5.41) is 12.4. The fraction of sp³-hybridized carbons (Fsp3) is 0.304. The molecule has 1 heterocycles. The maximum Gasteiger partial charge on any atom is 0.263 e. The van der Waals surface area contributed by atoms with Gasteiger partial charge in [-0.2, -0.15) is 5.26 Å². The highest BCUT2D eigenvalue weighted by Crippen LogP contribution is 2.13. The van der Waals surface area contributed by atoms with Gasteiger partial charge in [-0.25, -0.2) is 0 Å². The molecule has 0 bridgehead atoms. The first kappa shape index (κ1) is 19.7. The zero-order valence-electron chi connectivity index (χ0n) is 15.9. The van der Waals surface area contributed by atoms with Gasteiger partial charge in [-0.15, -0.1) is 0 Å². The van der Waals surface area contributed by atoms with Crippen LogP contribution in [0.1, 0.15) is 24.0 Å². The summed E-state index contributed by atoms with van der Waals surface area (Å²) in [6, 6.07) is 22.1. The van der Waals surface area contributed by atoms with Crippen LogP contribution in [-0.4, -0.2) is 30.1 Å². The number of rotatable bonds is 8. The van der Waals surface area contributed by atoms with Crippen LogP contribution < -0.4 is 5.32 Å². The Hall–Kier alpha value is -3.10. The van der Waals surface area contributed by atoms with E-state index in [-0.39, 0.29) is 17.6 Å². The molecule has 0 aliphatic carbocycles. The summed E-state index contributed by atoms with van der Waals surface area (Å²) in [6.45, 7) is 2.40. The average molecular weight is 375 g/mol. The van der Waals surface area contributed by atoms with Gasteiger partial charge < -0.3 is 15.0 Å². The van der Waals surface area contributed by atoms with Crippen molar-refractivity contribution in [3.63, 3.8) is 0 Å². The van der Waals surface area contributed by atoms with Crippen molar-refractivity contribution in [1.29, 1.82) is 5.26 Å². The van der Waals surface area contributed by atoms with Gasteiger partial charge in [-0.1, -0.05) is 60.7 Å². The summed E-state index contributed by atoms with van der Waals surface area (Å²) < 4.78 is 5.53. The molecule has 144 valence electrons. The van der Waals surface area contributed by atoms with E-state index < -0.39 is 0 Å². The van der Waals surface area contributed by atoms with Crippen molar-refractivity contribution in [2.45, 2.75) is 32.0 Å². The van der Waals surface area contributed by atoms with Crippen LogP contribution in [0, 0.1) is 11.3 Å². The highest BCUT2D eigenvalue weighted by molar-refractivity contribution is 5.97. The summed E-state index contributed by atoms with van der Waals surface area (Å²) in [4.78, 5) is 14.5.